The fourth-order valence-electron chi connectivity index (χ4n) is 1.81. The van der Waals surface area contributed by atoms with Crippen molar-refractivity contribution >= 4 is 17.8 Å². The zero-order chi connectivity index (χ0) is 16.5. The molecule has 0 saturated heterocycles. The van der Waals surface area contributed by atoms with Gasteiger partial charge >= 0.3 is 5.97 Å². The molecule has 0 aliphatic rings. The number of benzene rings is 1. The van der Waals surface area contributed by atoms with E-state index in [4.69, 9.17) is 5.11 Å². The summed E-state index contributed by atoms with van der Waals surface area (Å²) in [4.78, 5) is 33.8. The Labute approximate surface area is 129 Å². The van der Waals surface area contributed by atoms with E-state index in [0.717, 1.165) is 5.56 Å². The highest BCUT2D eigenvalue weighted by atomic mass is 16.4. The third-order valence-electron chi connectivity index (χ3n) is 2.96. The summed E-state index contributed by atoms with van der Waals surface area (Å²) in [7, 11) is 0. The normalized spacial score (nSPS) is 10.3. The van der Waals surface area contributed by atoms with Crippen molar-refractivity contribution in [3.8, 4) is 0 Å². The molecule has 120 valence electrons. The molecule has 2 amide bonds. The molecule has 0 unspecified atom stereocenters. The van der Waals surface area contributed by atoms with Crippen LogP contribution in [0.4, 0.5) is 0 Å². The Bertz CT molecular complexity index is 523. The molecule has 0 fully saturated rings. The van der Waals surface area contributed by atoms with Gasteiger partial charge in [0.1, 0.15) is 0 Å². The van der Waals surface area contributed by atoms with Crippen molar-refractivity contribution in [3.63, 3.8) is 0 Å². The molecule has 0 radical (unpaired) electrons. The van der Waals surface area contributed by atoms with Crippen molar-refractivity contribution in [3.05, 3.63) is 35.4 Å². The van der Waals surface area contributed by atoms with Crippen molar-refractivity contribution in [1.82, 2.24) is 10.6 Å². The number of carbonyl (C=O) groups is 3. The predicted octanol–water partition coefficient (Wildman–Crippen LogP) is 1.55. The maximum absolute atomic E-state index is 11.6. The molecule has 6 nitrogen and oxygen atoms in total. The average molecular weight is 306 g/mol. The van der Waals surface area contributed by atoms with E-state index in [1.54, 1.807) is 12.1 Å². The van der Waals surface area contributed by atoms with Crippen LogP contribution in [0.25, 0.3) is 0 Å². The Hall–Kier alpha value is -2.37. The van der Waals surface area contributed by atoms with E-state index in [1.165, 1.54) is 12.1 Å². The maximum atomic E-state index is 11.6. The fourth-order valence-corrected chi connectivity index (χ4v) is 1.81. The molecule has 0 atom stereocenters. The number of carboxylic acid groups (broad SMARTS) is 1. The molecular formula is C16H22N2O4. The van der Waals surface area contributed by atoms with Gasteiger partial charge in [-0.25, -0.2) is 4.79 Å². The van der Waals surface area contributed by atoms with Gasteiger partial charge < -0.3 is 15.7 Å². The molecule has 0 aliphatic heterocycles. The van der Waals surface area contributed by atoms with Gasteiger partial charge in [0.15, 0.2) is 0 Å². The van der Waals surface area contributed by atoms with Gasteiger partial charge in [-0.05, 0) is 23.6 Å². The maximum Gasteiger partial charge on any atom is 0.335 e. The lowest BCUT2D eigenvalue weighted by atomic mass is 10.1. The highest BCUT2D eigenvalue weighted by molar-refractivity contribution is 5.87. The summed E-state index contributed by atoms with van der Waals surface area (Å²) >= 11 is 0. The van der Waals surface area contributed by atoms with Gasteiger partial charge in [0.2, 0.25) is 11.8 Å². The molecule has 0 saturated carbocycles. The van der Waals surface area contributed by atoms with E-state index in [9.17, 15) is 14.4 Å². The molecule has 0 aliphatic carbocycles. The summed E-state index contributed by atoms with van der Waals surface area (Å²) in [6, 6.07) is 6.31. The predicted molar refractivity (Wildman–Crippen MR) is 82.3 cm³/mol. The van der Waals surface area contributed by atoms with Gasteiger partial charge in [-0.1, -0.05) is 26.0 Å². The second-order valence-corrected chi connectivity index (χ2v) is 5.48. The third kappa shape index (κ3) is 6.88. The average Bonchev–Trinajstić information content (AvgIpc) is 2.44. The van der Waals surface area contributed by atoms with Gasteiger partial charge in [0.25, 0.3) is 0 Å². The minimum Gasteiger partial charge on any atom is -0.478 e. The summed E-state index contributed by atoms with van der Waals surface area (Å²) in [6.07, 6.45) is 0.675. The molecule has 0 spiro atoms. The van der Waals surface area contributed by atoms with E-state index >= 15 is 0 Å². The first-order valence-electron chi connectivity index (χ1n) is 7.24. The molecule has 3 N–H and O–H groups in total. The van der Waals surface area contributed by atoms with Gasteiger partial charge in [-0.3, -0.25) is 9.59 Å². The van der Waals surface area contributed by atoms with Crippen LogP contribution in [0.5, 0.6) is 0 Å². The van der Waals surface area contributed by atoms with Crippen LogP contribution in [0.2, 0.25) is 0 Å². The van der Waals surface area contributed by atoms with Crippen LogP contribution in [0.15, 0.2) is 24.3 Å². The Morgan fingerprint density at radius 3 is 2.23 bits per heavy atom. The summed E-state index contributed by atoms with van der Waals surface area (Å²) in [5.74, 6) is -0.894. The Kier molecular flexibility index (Phi) is 7.08. The second kappa shape index (κ2) is 8.81. The Morgan fingerprint density at radius 1 is 1.05 bits per heavy atom. The molecule has 0 aromatic heterocycles. The second-order valence-electron chi connectivity index (χ2n) is 5.48. The lowest BCUT2D eigenvalue weighted by Gasteiger charge is -2.08. The standard InChI is InChI=1S/C16H22N2O4/c1-11(2)9-15(20)17-8-7-14(19)18-10-12-3-5-13(6-4-12)16(21)22/h3-6,11H,7-10H2,1-2H3,(H,17,20)(H,18,19)(H,21,22). The first kappa shape index (κ1) is 17.7. The molecule has 0 bridgehead atoms. The fraction of sp³-hybridized carbons (Fsp3) is 0.438. The van der Waals surface area contributed by atoms with Crippen LogP contribution in [0.3, 0.4) is 0 Å². The summed E-state index contributed by atoms with van der Waals surface area (Å²) < 4.78 is 0. The molecule has 1 rings (SSSR count). The number of nitrogens with one attached hydrogen (secondary N) is 2. The minimum atomic E-state index is -0.979. The monoisotopic (exact) mass is 306 g/mol. The molecular weight excluding hydrogens is 284 g/mol. The van der Waals surface area contributed by atoms with Gasteiger partial charge in [0, 0.05) is 25.9 Å². The largest absolute Gasteiger partial charge is 0.478 e. The number of rotatable bonds is 8. The van der Waals surface area contributed by atoms with Crippen LogP contribution in [-0.4, -0.2) is 29.4 Å². The molecule has 0 heterocycles. The molecule has 1 aromatic rings. The van der Waals surface area contributed by atoms with E-state index in [1.807, 2.05) is 13.8 Å². The van der Waals surface area contributed by atoms with Crippen LogP contribution < -0.4 is 10.6 Å². The molecule has 22 heavy (non-hydrogen) atoms. The van der Waals surface area contributed by atoms with Gasteiger partial charge in [0.05, 0.1) is 5.56 Å². The van der Waals surface area contributed by atoms with Crippen LogP contribution in [0, 0.1) is 5.92 Å². The van der Waals surface area contributed by atoms with Crippen LogP contribution in [-0.2, 0) is 16.1 Å². The number of aromatic carboxylic acids is 1. The Balaban J connectivity index is 2.25. The van der Waals surface area contributed by atoms with E-state index in [2.05, 4.69) is 10.6 Å². The lowest BCUT2D eigenvalue weighted by Crippen LogP contribution is -2.30. The highest BCUT2D eigenvalue weighted by Crippen LogP contribution is 2.04. The molecule has 6 heteroatoms. The number of amides is 2. The zero-order valence-corrected chi connectivity index (χ0v) is 12.9. The topological polar surface area (TPSA) is 95.5 Å². The molecule has 1 aromatic carbocycles. The van der Waals surface area contributed by atoms with Gasteiger partial charge in [-0.15, -0.1) is 0 Å². The smallest absolute Gasteiger partial charge is 0.335 e. The van der Waals surface area contributed by atoms with Crippen LogP contribution >= 0.6 is 0 Å². The van der Waals surface area contributed by atoms with Crippen molar-refractivity contribution in [2.45, 2.75) is 33.2 Å². The minimum absolute atomic E-state index is 0.0490. The number of hydrogen-bond donors (Lipinski definition) is 3. The SMILES string of the molecule is CC(C)CC(=O)NCCC(=O)NCc1ccc(C(=O)O)cc1. The lowest BCUT2D eigenvalue weighted by molar-refractivity contribution is -0.122. The van der Waals surface area contributed by atoms with Crippen molar-refractivity contribution in [2.24, 2.45) is 5.92 Å². The number of carbonyl (C=O) groups excluding carboxylic acids is 2. The van der Waals surface area contributed by atoms with Crippen molar-refractivity contribution < 1.29 is 19.5 Å². The van der Waals surface area contributed by atoms with E-state index in [0.29, 0.717) is 25.4 Å². The zero-order valence-electron chi connectivity index (χ0n) is 12.9. The van der Waals surface area contributed by atoms with Crippen LogP contribution in [0.1, 0.15) is 42.6 Å². The first-order valence-corrected chi connectivity index (χ1v) is 7.24. The highest BCUT2D eigenvalue weighted by Gasteiger charge is 2.06. The summed E-state index contributed by atoms with van der Waals surface area (Å²) in [5, 5.41) is 14.2. The first-order chi connectivity index (χ1) is 10.4. The summed E-state index contributed by atoms with van der Waals surface area (Å²) in [6.45, 7) is 4.57. The quantitative estimate of drug-likeness (QED) is 0.679. The number of hydrogen-bond acceptors (Lipinski definition) is 3. The van der Waals surface area contributed by atoms with Gasteiger partial charge in [-0.2, -0.15) is 0 Å². The number of carboxylic acids is 1. The van der Waals surface area contributed by atoms with Crippen molar-refractivity contribution in [2.75, 3.05) is 6.54 Å². The van der Waals surface area contributed by atoms with E-state index < -0.39 is 5.97 Å². The van der Waals surface area contributed by atoms with E-state index in [-0.39, 0.29) is 23.8 Å². The summed E-state index contributed by atoms with van der Waals surface area (Å²) in [5.41, 5.74) is 1.03. The Morgan fingerprint density at radius 2 is 1.68 bits per heavy atom. The third-order valence-corrected chi connectivity index (χ3v) is 2.96. The van der Waals surface area contributed by atoms with Crippen molar-refractivity contribution in [1.29, 1.82) is 0 Å².